The van der Waals surface area contributed by atoms with Crippen molar-refractivity contribution in [3.63, 3.8) is 0 Å². The average molecular weight is 1540 g/mol. The Morgan fingerprint density at radius 2 is 1.07 bits per heavy atom. The normalized spacial score (nSPS) is 36.1. The van der Waals surface area contributed by atoms with E-state index in [0.29, 0.717) is 66.3 Å². The van der Waals surface area contributed by atoms with Crippen LogP contribution in [0.4, 0.5) is 0 Å². The second-order valence-electron chi connectivity index (χ2n) is 40.5. The van der Waals surface area contributed by atoms with E-state index in [0.717, 1.165) is 141 Å². The van der Waals surface area contributed by atoms with E-state index in [1.54, 1.807) is 16.7 Å². The molecule has 0 amide bonds. The van der Waals surface area contributed by atoms with Crippen LogP contribution >= 0.6 is 0 Å². The van der Waals surface area contributed by atoms with Gasteiger partial charge in [-0.15, -0.1) is 0 Å². The zero-order valence-corrected chi connectivity index (χ0v) is 75.2. The van der Waals surface area contributed by atoms with Crippen molar-refractivity contribution in [3.8, 4) is 0 Å². The molecule has 0 radical (unpaired) electrons. The number of unbranched alkanes of at least 4 members (excludes halogenated alkanes) is 1. The van der Waals surface area contributed by atoms with Gasteiger partial charge in [-0.1, -0.05) is 258 Å². The van der Waals surface area contributed by atoms with Gasteiger partial charge in [0.2, 0.25) is 0 Å². The van der Waals surface area contributed by atoms with Crippen molar-refractivity contribution in [2.75, 3.05) is 26.4 Å². The third-order valence-corrected chi connectivity index (χ3v) is 31.6. The summed E-state index contributed by atoms with van der Waals surface area (Å²) in [6.07, 6.45) is 66.8. The van der Waals surface area contributed by atoms with E-state index in [1.807, 2.05) is 0 Å². The SMILES string of the molecule is C=C/C(=C\C=C1\CCCC2(C)C1CCC2C(C)CCCC(C)C)CC(CC)O/C(C)=C/COCC1O[C@@H](CC)C(OC/C=C(\C)OC2CCC(=C)/C(=C\C=C3\CCCC4(C)C3CCC4C(C)CCCCC(C)C)C2)[C@@H](OC/C=C2\CCC3/C(=C/C=C4/CCCC5(C)C4CCC5C(C)CCCC(C)C)C(=C)CCC3O2)[C@@H]1CC. The number of hydrogen-bond donors (Lipinski definition) is 0. The van der Waals surface area contributed by atoms with Gasteiger partial charge in [0.15, 0.2) is 0 Å². The minimum absolute atomic E-state index is 0.0389. The Hall–Kier alpha value is -3.88. The summed E-state index contributed by atoms with van der Waals surface area (Å²) in [5.74, 6) is 12.7. The molecule has 0 aromatic rings. The molecule has 0 aromatic heterocycles. The molecule has 2 aliphatic heterocycles. The van der Waals surface area contributed by atoms with Gasteiger partial charge in [0.05, 0.1) is 62.0 Å². The van der Waals surface area contributed by atoms with Gasteiger partial charge >= 0.3 is 0 Å². The Kier molecular flexibility index (Phi) is 34.9. The van der Waals surface area contributed by atoms with Crippen LogP contribution in [0.2, 0.25) is 0 Å². The molecule has 630 valence electrons. The third kappa shape index (κ3) is 23.3. The summed E-state index contributed by atoms with van der Waals surface area (Å²) in [6.45, 7) is 56.3. The molecule has 7 heteroatoms. The smallest absolute Gasteiger partial charge is 0.111 e. The van der Waals surface area contributed by atoms with Gasteiger partial charge in [-0.25, -0.2) is 0 Å². The van der Waals surface area contributed by atoms with Crippen LogP contribution in [0.5, 0.6) is 0 Å². The first-order valence-corrected chi connectivity index (χ1v) is 47.5. The fraction of sp³-hybridized carbons (Fsp3) is 0.771. The summed E-state index contributed by atoms with van der Waals surface area (Å²) in [6, 6.07) is 0. The largest absolute Gasteiger partial charge is 0.495 e. The van der Waals surface area contributed by atoms with E-state index >= 15 is 0 Å². The second kappa shape index (κ2) is 43.2. The molecule has 21 atom stereocenters. The zero-order chi connectivity index (χ0) is 80.3. The fourth-order valence-electron chi connectivity index (χ4n) is 25.1. The van der Waals surface area contributed by atoms with Crippen molar-refractivity contribution in [2.45, 2.75) is 392 Å². The lowest BCUT2D eigenvalue weighted by Gasteiger charge is -2.46. The molecular formula is C105H168O7. The Morgan fingerprint density at radius 1 is 0.536 bits per heavy atom. The Labute approximate surface area is 688 Å². The van der Waals surface area contributed by atoms with E-state index in [1.165, 1.54) is 188 Å². The van der Waals surface area contributed by atoms with Crippen LogP contribution in [0.15, 0.2) is 142 Å². The first kappa shape index (κ1) is 90.4. The number of rotatable bonds is 39. The molecule has 112 heavy (non-hydrogen) atoms. The third-order valence-electron chi connectivity index (χ3n) is 31.6. The number of fused-ring (bicyclic) bond motifs is 4. The predicted octanol–water partition coefficient (Wildman–Crippen LogP) is 29.3. The molecule has 8 saturated carbocycles. The minimum Gasteiger partial charge on any atom is -0.495 e. The van der Waals surface area contributed by atoms with Crippen molar-refractivity contribution in [2.24, 2.45) is 99.1 Å². The van der Waals surface area contributed by atoms with E-state index in [2.05, 4.69) is 192 Å². The standard InChI is InChI=1S/C105H168O7/c1-21-81(43-44-82-38-29-62-104(19)93(53-55-95(82)104)77(14)36-27-33-72(7)8)68-86(22-2)109-79(16)59-65-106-70-100-89(23-3)101(107-67-61-87-49-51-91-90(75(12)42-58-99(91)111-87)50-47-84-40-31-64-105(20)94(54-57-97(84)105)78(15)37-28-34-73(9)10)102(98(24-4)112-100)108-66-60-80(17)110-88-48-41-74(11)85(69-88)46-45-83-39-30-63-103(18)92(52-56-96(83)103)76(13)35-26-25-32-71(5)6/h21,43-47,50,59-61,71-73,76-78,86,88-89,91-102H,1,11-12,22-42,48-49,51-58,62-70H2,2-10,13-20H3/b79-59+,80-60+,81-43+,82-44-,83-45-,84-47-,85-46-,87-61+,90-50+/t76?,77?,78?,86?,88?,89-,91?,92?,93?,94?,95?,96?,97?,98+,99?,100?,101+,102?,103?,104?,105?/m1/s1. The fourth-order valence-corrected chi connectivity index (χ4v) is 25.1. The van der Waals surface area contributed by atoms with Crippen molar-refractivity contribution >= 4 is 0 Å². The predicted molar refractivity (Wildman–Crippen MR) is 474 cm³/mol. The summed E-state index contributed by atoms with van der Waals surface area (Å²) in [4.78, 5) is 0. The van der Waals surface area contributed by atoms with E-state index in [4.69, 9.17) is 39.7 Å². The van der Waals surface area contributed by atoms with Crippen molar-refractivity contribution in [1.82, 2.24) is 0 Å². The maximum Gasteiger partial charge on any atom is 0.111 e. The van der Waals surface area contributed by atoms with Crippen LogP contribution in [-0.4, -0.2) is 69.2 Å². The molecule has 0 spiro atoms. The summed E-state index contributed by atoms with van der Waals surface area (Å²) < 4.78 is 48.8. The van der Waals surface area contributed by atoms with Crippen LogP contribution in [0.25, 0.3) is 0 Å². The monoisotopic (exact) mass is 1540 g/mol. The zero-order valence-electron chi connectivity index (χ0n) is 75.2. The van der Waals surface area contributed by atoms with Gasteiger partial charge in [0.1, 0.15) is 24.4 Å². The average Bonchev–Trinajstić information content (AvgIpc) is 1.61. The van der Waals surface area contributed by atoms with Gasteiger partial charge in [-0.2, -0.15) is 0 Å². The Morgan fingerprint density at radius 3 is 1.63 bits per heavy atom. The minimum atomic E-state index is -0.287. The highest BCUT2D eigenvalue weighted by Gasteiger charge is 2.54. The lowest BCUT2D eigenvalue weighted by molar-refractivity contribution is -0.233. The Bertz CT molecular complexity index is 3300. The number of ether oxygens (including phenoxy) is 7. The first-order chi connectivity index (χ1) is 53.8. The second-order valence-corrected chi connectivity index (χ2v) is 40.5. The summed E-state index contributed by atoms with van der Waals surface area (Å²) in [5, 5.41) is 0. The molecule has 2 heterocycles. The molecular weight excluding hydrogens is 1370 g/mol. The van der Waals surface area contributed by atoms with Crippen LogP contribution in [0, 0.1) is 99.1 Å². The van der Waals surface area contributed by atoms with Gasteiger partial charge in [0, 0.05) is 31.1 Å². The van der Waals surface area contributed by atoms with E-state index < -0.39 is 0 Å². The highest BCUT2D eigenvalue weighted by atomic mass is 16.6. The maximum atomic E-state index is 7.25. The molecule has 2 saturated heterocycles. The van der Waals surface area contributed by atoms with Crippen molar-refractivity contribution in [3.05, 3.63) is 142 Å². The van der Waals surface area contributed by atoms with Crippen LogP contribution in [0.3, 0.4) is 0 Å². The lowest BCUT2D eigenvalue weighted by atomic mass is 9.60. The highest BCUT2D eigenvalue weighted by Crippen LogP contribution is 2.63. The number of allylic oxidation sites excluding steroid dienone is 15. The topological polar surface area (TPSA) is 64.6 Å². The van der Waals surface area contributed by atoms with Gasteiger partial charge in [-0.05, 0) is 284 Å². The molecule has 0 aromatic carbocycles. The highest BCUT2D eigenvalue weighted by molar-refractivity contribution is 5.40. The summed E-state index contributed by atoms with van der Waals surface area (Å²) in [7, 11) is 0. The molecule has 0 N–H and O–H groups in total. The summed E-state index contributed by atoms with van der Waals surface area (Å²) >= 11 is 0. The Balaban J connectivity index is 0.779. The molecule has 0 bridgehead atoms. The molecule has 7 nitrogen and oxygen atoms in total. The quantitative estimate of drug-likeness (QED) is 0.0345. The molecule has 10 fully saturated rings. The maximum absolute atomic E-state index is 7.25. The molecule has 10 rings (SSSR count). The summed E-state index contributed by atoms with van der Waals surface area (Å²) in [5.41, 5.74) is 13.0. The van der Waals surface area contributed by atoms with Crippen molar-refractivity contribution in [1.29, 1.82) is 0 Å². The van der Waals surface area contributed by atoms with E-state index in [9.17, 15) is 0 Å². The van der Waals surface area contributed by atoms with Crippen LogP contribution in [-0.2, 0) is 33.2 Å². The number of hydrogen-bond acceptors (Lipinski definition) is 7. The van der Waals surface area contributed by atoms with Crippen molar-refractivity contribution < 1.29 is 33.2 Å². The van der Waals surface area contributed by atoms with Gasteiger partial charge in [0.25, 0.3) is 0 Å². The molecule has 18 unspecified atom stereocenters. The first-order valence-electron chi connectivity index (χ1n) is 47.5. The van der Waals surface area contributed by atoms with E-state index in [-0.39, 0.29) is 48.6 Å². The molecule has 8 aliphatic carbocycles. The van der Waals surface area contributed by atoms with Crippen LogP contribution < -0.4 is 0 Å². The van der Waals surface area contributed by atoms with Gasteiger partial charge in [-0.3, -0.25) is 0 Å². The lowest BCUT2D eigenvalue weighted by Crippen LogP contribution is -2.57. The van der Waals surface area contributed by atoms with Crippen LogP contribution in [0.1, 0.15) is 349 Å². The molecule has 10 aliphatic rings. The van der Waals surface area contributed by atoms with Gasteiger partial charge < -0.3 is 33.2 Å².